The third kappa shape index (κ3) is 6.07. The van der Waals surface area contributed by atoms with E-state index < -0.39 is 5.56 Å². The highest BCUT2D eigenvalue weighted by Crippen LogP contribution is 2.30. The number of H-pyrrole nitrogens is 1. The Morgan fingerprint density at radius 2 is 1.87 bits per heavy atom. The Morgan fingerprint density at radius 3 is 2.62 bits per heavy atom. The molecule has 3 heterocycles. The Labute approximate surface area is 224 Å². The van der Waals surface area contributed by atoms with Gasteiger partial charge in [-0.3, -0.25) is 9.69 Å². The van der Waals surface area contributed by atoms with Crippen molar-refractivity contribution >= 4 is 28.6 Å². The SMILES string of the molecule is COCCNc1nc(Oc2cccc3[nH]c(=O)c(N)nc23)cc(N2CCN(C(C)c3ccc(F)cc3)CC2)n1. The number of anilines is 3. The van der Waals surface area contributed by atoms with Gasteiger partial charge in [-0.2, -0.15) is 9.97 Å². The van der Waals surface area contributed by atoms with Crippen molar-refractivity contribution in [3.63, 3.8) is 0 Å². The molecule has 1 saturated heterocycles. The smallest absolute Gasteiger partial charge is 0.290 e. The summed E-state index contributed by atoms with van der Waals surface area (Å²) in [7, 11) is 1.63. The van der Waals surface area contributed by atoms with Gasteiger partial charge >= 0.3 is 0 Å². The number of hydrogen-bond acceptors (Lipinski definition) is 10. The van der Waals surface area contributed by atoms with E-state index in [4.69, 9.17) is 20.2 Å². The van der Waals surface area contributed by atoms with Crippen LogP contribution in [-0.2, 0) is 4.74 Å². The maximum atomic E-state index is 13.4. The molecule has 1 atom stereocenters. The second kappa shape index (κ2) is 11.6. The van der Waals surface area contributed by atoms with E-state index >= 15 is 0 Å². The van der Waals surface area contributed by atoms with Crippen molar-refractivity contribution in [3.05, 3.63) is 70.3 Å². The summed E-state index contributed by atoms with van der Waals surface area (Å²) >= 11 is 0. The first-order valence-electron chi connectivity index (χ1n) is 12.7. The van der Waals surface area contributed by atoms with Crippen LogP contribution in [0.1, 0.15) is 18.5 Å². The zero-order chi connectivity index (χ0) is 27.4. The van der Waals surface area contributed by atoms with Crippen LogP contribution in [0.3, 0.4) is 0 Å². The summed E-state index contributed by atoms with van der Waals surface area (Å²) in [5.41, 5.74) is 7.31. The molecule has 12 heteroatoms. The topological polar surface area (TPSA) is 135 Å². The number of ether oxygens (including phenoxy) is 2. The molecule has 1 fully saturated rings. The van der Waals surface area contributed by atoms with Gasteiger partial charge < -0.3 is 30.4 Å². The maximum Gasteiger partial charge on any atom is 0.290 e. The maximum absolute atomic E-state index is 13.4. The first-order valence-corrected chi connectivity index (χ1v) is 12.7. The zero-order valence-corrected chi connectivity index (χ0v) is 21.9. The van der Waals surface area contributed by atoms with Crippen LogP contribution in [0.2, 0.25) is 0 Å². The number of methoxy groups -OCH3 is 1. The number of fused-ring (bicyclic) bond motifs is 1. The number of halogens is 1. The monoisotopic (exact) mass is 534 g/mol. The molecule has 0 saturated carbocycles. The van der Waals surface area contributed by atoms with E-state index in [0.717, 1.165) is 37.6 Å². The molecule has 0 bridgehead atoms. The van der Waals surface area contributed by atoms with Gasteiger partial charge in [-0.05, 0) is 36.8 Å². The van der Waals surface area contributed by atoms with Crippen LogP contribution >= 0.6 is 0 Å². The van der Waals surface area contributed by atoms with Gasteiger partial charge in [0.2, 0.25) is 11.8 Å². The average molecular weight is 535 g/mol. The molecule has 0 aliphatic carbocycles. The number of nitrogens with one attached hydrogen (secondary N) is 2. The van der Waals surface area contributed by atoms with Crippen LogP contribution in [0.4, 0.5) is 22.0 Å². The van der Waals surface area contributed by atoms with Crippen LogP contribution < -0.4 is 26.2 Å². The summed E-state index contributed by atoms with van der Waals surface area (Å²) < 4.78 is 24.7. The Morgan fingerprint density at radius 1 is 1.10 bits per heavy atom. The second-order valence-corrected chi connectivity index (χ2v) is 9.26. The first-order chi connectivity index (χ1) is 18.9. The lowest BCUT2D eigenvalue weighted by Gasteiger charge is -2.38. The van der Waals surface area contributed by atoms with Gasteiger partial charge in [0.15, 0.2) is 11.6 Å². The third-order valence-corrected chi connectivity index (χ3v) is 6.74. The summed E-state index contributed by atoms with van der Waals surface area (Å²) in [4.78, 5) is 32.6. The zero-order valence-electron chi connectivity index (χ0n) is 21.9. The van der Waals surface area contributed by atoms with Gasteiger partial charge in [-0.1, -0.05) is 18.2 Å². The number of aromatic nitrogens is 4. The number of nitrogen functional groups attached to an aromatic ring is 1. The normalized spacial score (nSPS) is 14.9. The summed E-state index contributed by atoms with van der Waals surface area (Å²) in [6, 6.07) is 13.9. The Hall–Kier alpha value is -4.29. The van der Waals surface area contributed by atoms with E-state index in [2.05, 4.69) is 37.0 Å². The number of nitrogens with two attached hydrogens (primary N) is 1. The molecule has 4 aromatic rings. The molecule has 2 aromatic carbocycles. The van der Waals surface area contributed by atoms with Gasteiger partial charge in [0.05, 0.1) is 12.1 Å². The number of para-hydroxylation sites is 1. The summed E-state index contributed by atoms with van der Waals surface area (Å²) in [5, 5.41) is 3.18. The van der Waals surface area contributed by atoms with Crippen LogP contribution in [0.5, 0.6) is 11.6 Å². The number of aromatic amines is 1. The molecule has 5 rings (SSSR count). The molecule has 39 heavy (non-hydrogen) atoms. The first kappa shape index (κ1) is 26.3. The fourth-order valence-electron chi connectivity index (χ4n) is 4.55. The lowest BCUT2D eigenvalue weighted by molar-refractivity contribution is 0.198. The lowest BCUT2D eigenvalue weighted by Crippen LogP contribution is -2.47. The number of piperazine rings is 1. The fourth-order valence-corrected chi connectivity index (χ4v) is 4.55. The Balaban J connectivity index is 1.37. The van der Waals surface area contributed by atoms with E-state index in [1.807, 2.05) is 12.1 Å². The van der Waals surface area contributed by atoms with Crippen molar-refractivity contribution in [3.8, 4) is 11.6 Å². The number of nitrogens with zero attached hydrogens (tertiary/aromatic N) is 5. The molecule has 1 aliphatic heterocycles. The number of benzene rings is 2. The van der Waals surface area contributed by atoms with E-state index in [0.29, 0.717) is 41.8 Å². The van der Waals surface area contributed by atoms with Crippen molar-refractivity contribution < 1.29 is 13.9 Å². The quantitative estimate of drug-likeness (QED) is 0.275. The fraction of sp³-hybridized carbons (Fsp3) is 0.333. The van der Waals surface area contributed by atoms with Crippen LogP contribution in [0.15, 0.2) is 53.3 Å². The molecule has 204 valence electrons. The highest BCUT2D eigenvalue weighted by Gasteiger charge is 2.24. The molecule has 0 spiro atoms. The van der Waals surface area contributed by atoms with Crippen molar-refractivity contribution in [2.45, 2.75) is 13.0 Å². The molecule has 11 nitrogen and oxygen atoms in total. The van der Waals surface area contributed by atoms with Gasteiger partial charge in [0.25, 0.3) is 5.56 Å². The van der Waals surface area contributed by atoms with Crippen LogP contribution in [0, 0.1) is 5.82 Å². The minimum atomic E-state index is -0.457. The van der Waals surface area contributed by atoms with Gasteiger partial charge in [0.1, 0.15) is 17.2 Å². The van der Waals surface area contributed by atoms with E-state index in [1.165, 1.54) is 12.1 Å². The molecule has 2 aromatic heterocycles. The largest absolute Gasteiger partial charge is 0.436 e. The third-order valence-electron chi connectivity index (χ3n) is 6.74. The van der Waals surface area contributed by atoms with Crippen molar-refractivity contribution in [1.82, 2.24) is 24.8 Å². The molecule has 0 radical (unpaired) electrons. The summed E-state index contributed by atoms with van der Waals surface area (Å²) in [5.74, 6) is 1.47. The molecule has 0 amide bonds. The molecule has 1 unspecified atom stereocenters. The van der Waals surface area contributed by atoms with E-state index in [1.54, 1.807) is 31.4 Å². The van der Waals surface area contributed by atoms with Crippen molar-refractivity contribution in [2.75, 3.05) is 62.4 Å². The van der Waals surface area contributed by atoms with Gasteiger partial charge in [0, 0.05) is 51.9 Å². The van der Waals surface area contributed by atoms with E-state index in [9.17, 15) is 9.18 Å². The lowest BCUT2D eigenvalue weighted by atomic mass is 10.1. The Bertz CT molecular complexity index is 1490. The molecule has 1 aliphatic rings. The van der Waals surface area contributed by atoms with Gasteiger partial charge in [-0.15, -0.1) is 0 Å². The molecular weight excluding hydrogens is 503 g/mol. The molecule has 4 N–H and O–H groups in total. The standard InChI is InChI=1S/C27H31FN8O3/c1-17(18-6-8-19(28)9-7-18)35-11-13-36(14-12-35)22-16-23(33-27(32-22)30-10-15-38-2)39-21-5-3-4-20-24(21)34-25(29)26(37)31-20/h3-9,16-17H,10-15H2,1-2H3,(H2,29,34)(H,31,37)(H,30,32,33). The summed E-state index contributed by atoms with van der Waals surface area (Å²) in [6.45, 7) is 6.26. The molecular formula is C27H31FN8O3. The number of hydrogen-bond donors (Lipinski definition) is 3. The van der Waals surface area contributed by atoms with E-state index in [-0.39, 0.29) is 17.7 Å². The minimum absolute atomic E-state index is 0.142. The van der Waals surface area contributed by atoms with Crippen molar-refractivity contribution in [1.29, 1.82) is 0 Å². The average Bonchev–Trinajstić information content (AvgIpc) is 2.94. The highest BCUT2D eigenvalue weighted by atomic mass is 19.1. The van der Waals surface area contributed by atoms with Gasteiger partial charge in [-0.25, -0.2) is 9.37 Å². The van der Waals surface area contributed by atoms with Crippen molar-refractivity contribution in [2.24, 2.45) is 0 Å². The van der Waals surface area contributed by atoms with Crippen LogP contribution in [0.25, 0.3) is 11.0 Å². The minimum Gasteiger partial charge on any atom is -0.436 e. The predicted molar refractivity (Wildman–Crippen MR) is 148 cm³/mol. The summed E-state index contributed by atoms with van der Waals surface area (Å²) in [6.07, 6.45) is 0. The predicted octanol–water partition coefficient (Wildman–Crippen LogP) is 3.17. The van der Waals surface area contributed by atoms with Crippen LogP contribution in [-0.4, -0.2) is 71.3 Å². The highest BCUT2D eigenvalue weighted by molar-refractivity contribution is 5.82. The Kier molecular flexibility index (Phi) is 7.84. The number of rotatable bonds is 9. The second-order valence-electron chi connectivity index (χ2n) is 9.26.